The summed E-state index contributed by atoms with van der Waals surface area (Å²) in [5, 5.41) is 29.7. The zero-order valence-electron chi connectivity index (χ0n) is 9.06. The normalized spacial score (nSPS) is 44.2. The zero-order valence-corrected chi connectivity index (χ0v) is 9.06. The van der Waals surface area contributed by atoms with E-state index in [1.54, 1.807) is 5.32 Å². The first-order valence-electron chi connectivity index (χ1n) is 5.15. The van der Waals surface area contributed by atoms with Gasteiger partial charge in [-0.15, -0.1) is 0 Å². The van der Waals surface area contributed by atoms with E-state index in [1.165, 1.54) is 0 Å². The average molecular weight is 263 g/mol. The van der Waals surface area contributed by atoms with Gasteiger partial charge in [0.25, 0.3) is 12.1 Å². The van der Waals surface area contributed by atoms with Gasteiger partial charge in [0.1, 0.15) is 12.2 Å². The second-order valence-corrected chi connectivity index (χ2v) is 4.03. The topological polar surface area (TPSA) is 116 Å². The molecule has 1 fully saturated rings. The number of amides is 3. The predicted octanol–water partition coefficient (Wildman–Crippen LogP) is -2.11. The molecule has 2 heterocycles. The Bertz CT molecular complexity index is 416. The molecule has 0 aromatic heterocycles. The maximum atomic E-state index is 14.4. The van der Waals surface area contributed by atoms with Crippen molar-refractivity contribution >= 4 is 11.9 Å². The standard InChI is InChI=1S/C9H11FN2O6/c10-12(2-1-5(14)11-9(12)17)8-7(16)6(15)4(3-13)18-8/h1-2,4,6-8,13,15-16H,3H2/p+1/t4-,6-,7-,8-,12?/m1/s1. The Balaban J connectivity index is 2.29. The number of urea groups is 1. The molecule has 0 aliphatic carbocycles. The van der Waals surface area contributed by atoms with E-state index in [2.05, 4.69) is 0 Å². The largest absolute Gasteiger partial charge is 0.469 e. The molecule has 9 heteroatoms. The van der Waals surface area contributed by atoms with E-state index in [0.29, 0.717) is 6.20 Å². The molecule has 0 radical (unpaired) electrons. The summed E-state index contributed by atoms with van der Waals surface area (Å²) < 4.78 is 17.3. The summed E-state index contributed by atoms with van der Waals surface area (Å²) in [5.74, 6) is -0.793. The Hall–Kier alpha value is -1.39. The molecule has 2 aliphatic heterocycles. The maximum absolute atomic E-state index is 14.4. The number of imide groups is 1. The third-order valence-corrected chi connectivity index (χ3v) is 2.87. The fourth-order valence-electron chi connectivity index (χ4n) is 1.87. The van der Waals surface area contributed by atoms with E-state index in [4.69, 9.17) is 9.84 Å². The number of ether oxygens (including phenoxy) is 1. The van der Waals surface area contributed by atoms with Crippen LogP contribution in [0.15, 0.2) is 12.3 Å². The third-order valence-electron chi connectivity index (χ3n) is 2.87. The number of nitrogens with zero attached hydrogens (tertiary/aromatic N) is 1. The number of hydrogen-bond acceptors (Lipinski definition) is 6. The molecular weight excluding hydrogens is 251 g/mol. The number of nitrogens with one attached hydrogen (secondary N) is 1. The smallest absolute Gasteiger partial charge is 0.394 e. The van der Waals surface area contributed by atoms with Gasteiger partial charge in [-0.25, -0.2) is 10.1 Å². The summed E-state index contributed by atoms with van der Waals surface area (Å²) in [6.45, 7) is -0.640. The number of rotatable bonds is 2. The number of hydrogen-bond donors (Lipinski definition) is 4. The van der Waals surface area contributed by atoms with Crippen molar-refractivity contribution in [1.82, 2.24) is 5.32 Å². The van der Waals surface area contributed by atoms with Crippen molar-refractivity contribution in [2.45, 2.75) is 24.5 Å². The highest BCUT2D eigenvalue weighted by atomic mass is 19.2. The lowest BCUT2D eigenvalue weighted by atomic mass is 10.1. The molecule has 3 amide bonds. The minimum Gasteiger partial charge on any atom is -0.394 e. The molecule has 18 heavy (non-hydrogen) atoms. The average Bonchev–Trinajstić information content (AvgIpc) is 2.62. The molecule has 0 bridgehead atoms. The minimum absolute atomic E-state index is 0.613. The van der Waals surface area contributed by atoms with Crippen LogP contribution in [0.5, 0.6) is 0 Å². The number of aliphatic hydroxyl groups excluding tert-OH is 3. The lowest BCUT2D eigenvalue weighted by Gasteiger charge is -2.27. The zero-order chi connectivity index (χ0) is 13.5. The second-order valence-electron chi connectivity index (χ2n) is 4.03. The molecule has 0 saturated carbocycles. The van der Waals surface area contributed by atoms with Gasteiger partial charge < -0.3 is 20.1 Å². The molecule has 100 valence electrons. The van der Waals surface area contributed by atoms with Crippen LogP contribution in [0.4, 0.5) is 9.28 Å². The molecule has 0 spiro atoms. The summed E-state index contributed by atoms with van der Waals surface area (Å²) in [7, 11) is 0. The van der Waals surface area contributed by atoms with Gasteiger partial charge in [-0.05, 0) is 0 Å². The van der Waals surface area contributed by atoms with Gasteiger partial charge in [0, 0.05) is 9.19 Å². The lowest BCUT2D eigenvalue weighted by molar-refractivity contribution is -0.987. The number of carbonyl (C=O) groups is 2. The number of aliphatic hydroxyl groups is 3. The maximum Gasteiger partial charge on any atom is 0.469 e. The number of carbonyl (C=O) groups excluding carboxylic acids is 2. The highest BCUT2D eigenvalue weighted by Gasteiger charge is 2.60. The van der Waals surface area contributed by atoms with Crippen molar-refractivity contribution in [1.29, 1.82) is 0 Å². The molecular formula is C9H12FN2O6+. The summed E-state index contributed by atoms with van der Waals surface area (Å²) in [6, 6.07) is -1.34. The number of quaternary nitrogens is 1. The van der Waals surface area contributed by atoms with Gasteiger partial charge in [-0.2, -0.15) is 0 Å². The molecule has 0 aromatic carbocycles. The highest BCUT2D eigenvalue weighted by Crippen LogP contribution is 2.31. The Morgan fingerprint density at radius 1 is 1.39 bits per heavy atom. The summed E-state index contributed by atoms with van der Waals surface area (Å²) >= 11 is 0. The van der Waals surface area contributed by atoms with Crippen LogP contribution in [0.3, 0.4) is 0 Å². The van der Waals surface area contributed by atoms with Gasteiger partial charge in [-0.3, -0.25) is 4.79 Å². The van der Waals surface area contributed by atoms with Crippen molar-refractivity contribution in [3.8, 4) is 0 Å². The van der Waals surface area contributed by atoms with Crippen molar-refractivity contribution in [2.75, 3.05) is 6.61 Å². The summed E-state index contributed by atoms with van der Waals surface area (Å²) in [4.78, 5) is 22.3. The van der Waals surface area contributed by atoms with Crippen LogP contribution < -0.4 is 5.32 Å². The second kappa shape index (κ2) is 4.37. The first kappa shape index (κ1) is 13.1. The number of halogens is 1. The summed E-state index contributed by atoms with van der Waals surface area (Å²) in [5.41, 5.74) is 0. The van der Waals surface area contributed by atoms with Crippen LogP contribution in [0, 0.1) is 0 Å². The SMILES string of the molecule is O=C1C=C[N+](F)([C@@H]2O[C@H](CO)[C@@H](O)[C@H]2O)C(=O)N1. The molecule has 2 aliphatic rings. The van der Waals surface area contributed by atoms with E-state index >= 15 is 0 Å². The van der Waals surface area contributed by atoms with Crippen LogP contribution in [0.1, 0.15) is 0 Å². The first-order chi connectivity index (χ1) is 8.40. The lowest BCUT2D eigenvalue weighted by Crippen LogP contribution is -2.60. The predicted molar refractivity (Wildman–Crippen MR) is 51.8 cm³/mol. The Labute approximate surface area is 100 Å². The molecule has 2 rings (SSSR count). The molecule has 4 N–H and O–H groups in total. The van der Waals surface area contributed by atoms with E-state index in [0.717, 1.165) is 6.08 Å². The van der Waals surface area contributed by atoms with Crippen LogP contribution in [-0.4, -0.2) is 63.1 Å². The molecule has 1 unspecified atom stereocenters. The third kappa shape index (κ3) is 1.82. The highest BCUT2D eigenvalue weighted by molar-refractivity contribution is 6.00. The van der Waals surface area contributed by atoms with Crippen molar-refractivity contribution < 1.29 is 38.8 Å². The van der Waals surface area contributed by atoms with Gasteiger partial charge in [0.05, 0.1) is 12.7 Å². The molecule has 1 saturated heterocycles. The van der Waals surface area contributed by atoms with E-state index in [9.17, 15) is 24.3 Å². The molecule has 0 aromatic rings. The Morgan fingerprint density at radius 3 is 2.56 bits per heavy atom. The summed E-state index contributed by atoms with van der Waals surface area (Å²) in [6.07, 6.45) is -4.80. The van der Waals surface area contributed by atoms with Crippen LogP contribution in [0.2, 0.25) is 0 Å². The molecule has 5 atom stereocenters. The van der Waals surface area contributed by atoms with Gasteiger partial charge in [-0.1, -0.05) is 0 Å². The van der Waals surface area contributed by atoms with E-state index < -0.39 is 47.8 Å². The van der Waals surface area contributed by atoms with E-state index in [-0.39, 0.29) is 0 Å². The van der Waals surface area contributed by atoms with Crippen LogP contribution in [0.25, 0.3) is 0 Å². The van der Waals surface area contributed by atoms with Crippen molar-refractivity contribution in [3.63, 3.8) is 0 Å². The van der Waals surface area contributed by atoms with Crippen LogP contribution in [-0.2, 0) is 9.53 Å². The Kier molecular flexibility index (Phi) is 3.17. The fourth-order valence-corrected chi connectivity index (χ4v) is 1.87. The van der Waals surface area contributed by atoms with Gasteiger partial charge in [0.15, 0.2) is 12.3 Å². The molecule has 8 nitrogen and oxygen atoms in total. The van der Waals surface area contributed by atoms with Crippen molar-refractivity contribution in [3.05, 3.63) is 12.3 Å². The van der Waals surface area contributed by atoms with Crippen molar-refractivity contribution in [2.24, 2.45) is 0 Å². The minimum atomic E-state index is -2.03. The van der Waals surface area contributed by atoms with Gasteiger partial charge >= 0.3 is 6.03 Å². The van der Waals surface area contributed by atoms with Gasteiger partial charge in [0.2, 0.25) is 0 Å². The monoisotopic (exact) mass is 263 g/mol. The Morgan fingerprint density at radius 2 is 2.06 bits per heavy atom. The quantitative estimate of drug-likeness (QED) is 0.424. The fraction of sp³-hybridized carbons (Fsp3) is 0.556. The first-order valence-corrected chi connectivity index (χ1v) is 5.15. The van der Waals surface area contributed by atoms with E-state index in [1.807, 2.05) is 0 Å². The van der Waals surface area contributed by atoms with Crippen LogP contribution >= 0.6 is 0 Å².